The predicted octanol–water partition coefficient (Wildman–Crippen LogP) is 1.92. The number of rotatable bonds is 5. The Morgan fingerprint density at radius 1 is 1.53 bits per heavy atom. The van der Waals surface area contributed by atoms with Crippen LogP contribution in [0, 0.1) is 5.82 Å². The summed E-state index contributed by atoms with van der Waals surface area (Å²) in [5, 5.41) is 8.77. The van der Waals surface area contributed by atoms with E-state index in [1.54, 1.807) is 18.2 Å². The second-order valence-corrected chi connectivity index (χ2v) is 4.60. The maximum atomic E-state index is 13.4. The number of carboxylic acid groups (broad SMARTS) is 1. The van der Waals surface area contributed by atoms with Crippen LogP contribution in [0.2, 0.25) is 0 Å². The molecule has 0 spiro atoms. The van der Waals surface area contributed by atoms with E-state index in [-0.39, 0.29) is 23.2 Å². The highest BCUT2D eigenvalue weighted by molar-refractivity contribution is 5.86. The van der Waals surface area contributed by atoms with E-state index in [0.717, 1.165) is 13.0 Å². The maximum Gasteiger partial charge on any atom is 0.332 e. The first-order valence-corrected chi connectivity index (χ1v) is 6.11. The predicted molar refractivity (Wildman–Crippen MR) is 68.6 cm³/mol. The minimum atomic E-state index is -0.988. The van der Waals surface area contributed by atoms with Gasteiger partial charge in [-0.1, -0.05) is 18.7 Å². The lowest BCUT2D eigenvalue weighted by Gasteiger charge is -2.17. The molecular weight excluding hydrogens is 249 g/mol. The van der Waals surface area contributed by atoms with Gasteiger partial charge in [0, 0.05) is 25.2 Å². The molecule has 1 heterocycles. The number of carbonyl (C=O) groups is 1. The summed E-state index contributed by atoms with van der Waals surface area (Å²) in [5.74, 6) is -1.12. The Bertz CT molecular complexity index is 489. The molecule has 4 nitrogen and oxygen atoms in total. The SMILES string of the molecule is C=C(CN1CCC(Oc2ccccc2F)C1)C(=O)O. The lowest BCUT2D eigenvalue weighted by molar-refractivity contribution is -0.132. The van der Waals surface area contributed by atoms with Crippen molar-refractivity contribution in [2.45, 2.75) is 12.5 Å². The highest BCUT2D eigenvalue weighted by atomic mass is 19.1. The number of ether oxygens (including phenoxy) is 1. The lowest BCUT2D eigenvalue weighted by atomic mass is 10.3. The Hall–Kier alpha value is -1.88. The topological polar surface area (TPSA) is 49.8 Å². The van der Waals surface area contributed by atoms with Crippen molar-refractivity contribution in [1.82, 2.24) is 4.90 Å². The van der Waals surface area contributed by atoms with E-state index >= 15 is 0 Å². The van der Waals surface area contributed by atoms with Gasteiger partial charge in [-0.25, -0.2) is 9.18 Å². The van der Waals surface area contributed by atoms with Crippen molar-refractivity contribution in [3.63, 3.8) is 0 Å². The van der Waals surface area contributed by atoms with Crippen LogP contribution in [0.3, 0.4) is 0 Å². The summed E-state index contributed by atoms with van der Waals surface area (Å²) in [6.07, 6.45) is 0.639. The molecule has 1 aromatic carbocycles. The van der Waals surface area contributed by atoms with Crippen molar-refractivity contribution in [2.24, 2.45) is 0 Å². The number of carboxylic acids is 1. The standard InChI is InChI=1S/C14H16FNO3/c1-10(14(17)18)8-16-7-6-11(9-16)19-13-5-3-2-4-12(13)15/h2-5,11H,1,6-9H2,(H,17,18). The van der Waals surface area contributed by atoms with Gasteiger partial charge < -0.3 is 9.84 Å². The van der Waals surface area contributed by atoms with Crippen LogP contribution >= 0.6 is 0 Å². The molecule has 1 N–H and O–H groups in total. The van der Waals surface area contributed by atoms with E-state index in [1.165, 1.54) is 6.07 Å². The summed E-state index contributed by atoms with van der Waals surface area (Å²) in [5.41, 5.74) is 0.159. The molecule has 1 unspecified atom stereocenters. The van der Waals surface area contributed by atoms with Crippen molar-refractivity contribution in [2.75, 3.05) is 19.6 Å². The Labute approximate surface area is 111 Å². The Kier molecular flexibility index (Phi) is 4.16. The van der Waals surface area contributed by atoms with Gasteiger partial charge in [0.15, 0.2) is 11.6 Å². The molecule has 19 heavy (non-hydrogen) atoms. The molecule has 1 aromatic rings. The lowest BCUT2D eigenvalue weighted by Crippen LogP contribution is -2.28. The van der Waals surface area contributed by atoms with Crippen LogP contribution in [0.5, 0.6) is 5.75 Å². The van der Waals surface area contributed by atoms with E-state index in [2.05, 4.69) is 6.58 Å². The zero-order valence-electron chi connectivity index (χ0n) is 10.5. The number of benzene rings is 1. The van der Waals surface area contributed by atoms with Crippen LogP contribution in [-0.4, -0.2) is 41.7 Å². The number of hydrogen-bond donors (Lipinski definition) is 1. The van der Waals surface area contributed by atoms with Crippen LogP contribution in [0.25, 0.3) is 0 Å². The minimum Gasteiger partial charge on any atom is -0.486 e. The van der Waals surface area contributed by atoms with Crippen LogP contribution < -0.4 is 4.74 Å². The van der Waals surface area contributed by atoms with Crippen molar-refractivity contribution in [3.8, 4) is 5.75 Å². The van der Waals surface area contributed by atoms with Crippen LogP contribution in [0.15, 0.2) is 36.4 Å². The zero-order valence-corrected chi connectivity index (χ0v) is 10.5. The highest BCUT2D eigenvalue weighted by Gasteiger charge is 2.25. The second kappa shape index (κ2) is 5.84. The molecule has 0 bridgehead atoms. The van der Waals surface area contributed by atoms with Crippen molar-refractivity contribution < 1.29 is 19.0 Å². The average Bonchev–Trinajstić information content (AvgIpc) is 2.79. The first kappa shape index (κ1) is 13.5. The van der Waals surface area contributed by atoms with Gasteiger partial charge in [0.2, 0.25) is 0 Å². The van der Waals surface area contributed by atoms with Gasteiger partial charge in [-0.2, -0.15) is 0 Å². The molecule has 5 heteroatoms. The molecule has 0 radical (unpaired) electrons. The molecule has 0 saturated carbocycles. The number of nitrogens with zero attached hydrogens (tertiary/aromatic N) is 1. The maximum absolute atomic E-state index is 13.4. The van der Waals surface area contributed by atoms with Crippen molar-refractivity contribution in [3.05, 3.63) is 42.2 Å². The third-order valence-electron chi connectivity index (χ3n) is 3.08. The molecule has 1 aliphatic heterocycles. The normalized spacial score (nSPS) is 19.3. The summed E-state index contributed by atoms with van der Waals surface area (Å²) in [6.45, 7) is 5.12. The van der Waals surface area contributed by atoms with Gasteiger partial charge in [-0.05, 0) is 18.6 Å². The van der Waals surface area contributed by atoms with Gasteiger partial charge in [-0.3, -0.25) is 4.90 Å². The zero-order chi connectivity index (χ0) is 13.8. The fourth-order valence-electron chi connectivity index (χ4n) is 2.09. The third-order valence-corrected chi connectivity index (χ3v) is 3.08. The second-order valence-electron chi connectivity index (χ2n) is 4.60. The number of halogens is 1. The quantitative estimate of drug-likeness (QED) is 0.826. The Balaban J connectivity index is 1.87. The van der Waals surface area contributed by atoms with Gasteiger partial charge in [0.25, 0.3) is 0 Å². The molecule has 0 amide bonds. The fourth-order valence-corrected chi connectivity index (χ4v) is 2.09. The molecule has 2 rings (SSSR count). The summed E-state index contributed by atoms with van der Waals surface area (Å²) in [7, 11) is 0. The molecule has 0 aliphatic carbocycles. The van der Waals surface area contributed by atoms with E-state index in [0.29, 0.717) is 13.1 Å². The van der Waals surface area contributed by atoms with Crippen molar-refractivity contribution in [1.29, 1.82) is 0 Å². The van der Waals surface area contributed by atoms with E-state index < -0.39 is 5.97 Å². The van der Waals surface area contributed by atoms with Gasteiger partial charge >= 0.3 is 5.97 Å². The van der Waals surface area contributed by atoms with Crippen molar-refractivity contribution >= 4 is 5.97 Å². The van der Waals surface area contributed by atoms with Gasteiger partial charge in [0.1, 0.15) is 6.10 Å². The minimum absolute atomic E-state index is 0.113. The Morgan fingerprint density at radius 3 is 2.95 bits per heavy atom. The highest BCUT2D eigenvalue weighted by Crippen LogP contribution is 2.21. The molecule has 1 atom stereocenters. The Morgan fingerprint density at radius 2 is 2.26 bits per heavy atom. The number of aliphatic carboxylic acids is 1. The first-order valence-electron chi connectivity index (χ1n) is 6.11. The summed E-state index contributed by atoms with van der Waals surface area (Å²) in [4.78, 5) is 12.6. The molecule has 102 valence electrons. The van der Waals surface area contributed by atoms with E-state index in [9.17, 15) is 9.18 Å². The smallest absolute Gasteiger partial charge is 0.332 e. The fraction of sp³-hybridized carbons (Fsp3) is 0.357. The molecule has 0 aromatic heterocycles. The summed E-state index contributed by atoms with van der Waals surface area (Å²) >= 11 is 0. The number of likely N-dealkylation sites (tertiary alicyclic amines) is 1. The largest absolute Gasteiger partial charge is 0.486 e. The monoisotopic (exact) mass is 265 g/mol. The average molecular weight is 265 g/mol. The molecule has 1 aliphatic rings. The van der Waals surface area contributed by atoms with Crippen LogP contribution in [0.1, 0.15) is 6.42 Å². The molecule has 1 fully saturated rings. The van der Waals surface area contributed by atoms with Gasteiger partial charge in [0.05, 0.1) is 0 Å². The molecule has 1 saturated heterocycles. The summed E-state index contributed by atoms with van der Waals surface area (Å²) in [6, 6.07) is 6.28. The third kappa shape index (κ3) is 3.54. The van der Waals surface area contributed by atoms with E-state index in [4.69, 9.17) is 9.84 Å². The summed E-state index contributed by atoms with van der Waals surface area (Å²) < 4.78 is 19.0. The van der Waals surface area contributed by atoms with Crippen LogP contribution in [-0.2, 0) is 4.79 Å². The number of hydrogen-bond acceptors (Lipinski definition) is 3. The molecular formula is C14H16FNO3. The number of para-hydroxylation sites is 1. The van der Waals surface area contributed by atoms with E-state index in [1.807, 2.05) is 4.90 Å². The van der Waals surface area contributed by atoms with Crippen LogP contribution in [0.4, 0.5) is 4.39 Å². The van der Waals surface area contributed by atoms with Gasteiger partial charge in [-0.15, -0.1) is 0 Å². The first-order chi connectivity index (χ1) is 9.06.